The van der Waals surface area contributed by atoms with Gasteiger partial charge in [0.25, 0.3) is 0 Å². The number of H-pyrrole nitrogens is 1. The molecule has 0 aliphatic carbocycles. The zero-order chi connectivity index (χ0) is 10.1. The number of likely N-dealkylation sites (tertiary alicyclic amines) is 1. The molecule has 1 atom stereocenters. The number of hydrogen-bond donors (Lipinski definition) is 2. The Morgan fingerprint density at radius 1 is 1.57 bits per heavy atom. The molecule has 1 unspecified atom stereocenters. The summed E-state index contributed by atoms with van der Waals surface area (Å²) in [5, 5.41) is 7.31. The van der Waals surface area contributed by atoms with Gasteiger partial charge in [0.2, 0.25) is 0 Å². The molecule has 4 nitrogen and oxygen atoms in total. The first-order valence-corrected chi connectivity index (χ1v) is 5.15. The summed E-state index contributed by atoms with van der Waals surface area (Å²) < 4.78 is 0. The molecule has 0 saturated carbocycles. The van der Waals surface area contributed by atoms with Crippen molar-refractivity contribution in [2.75, 3.05) is 13.1 Å². The van der Waals surface area contributed by atoms with E-state index in [0.29, 0.717) is 6.04 Å². The first-order chi connectivity index (χ1) is 6.66. The van der Waals surface area contributed by atoms with Gasteiger partial charge < -0.3 is 5.73 Å². The normalized spacial score (nSPS) is 23.2. The van der Waals surface area contributed by atoms with Crippen LogP contribution in [0.3, 0.4) is 0 Å². The van der Waals surface area contributed by atoms with E-state index in [0.717, 1.165) is 31.7 Å². The standard InChI is InChI=1S/C10H18N4/c1-7-8(2)12-13-10(7)6-14-4-3-9(11)5-14/h9H,3-6,11H2,1-2H3,(H,12,13). The molecule has 1 aromatic heterocycles. The number of nitrogens with one attached hydrogen (secondary N) is 1. The van der Waals surface area contributed by atoms with Crippen LogP contribution in [0, 0.1) is 13.8 Å². The minimum absolute atomic E-state index is 0.357. The smallest absolute Gasteiger partial charge is 0.0794 e. The van der Waals surface area contributed by atoms with Gasteiger partial charge in [-0.15, -0.1) is 0 Å². The molecule has 1 aliphatic rings. The predicted octanol–water partition coefficient (Wildman–Crippen LogP) is 0.560. The zero-order valence-electron chi connectivity index (χ0n) is 8.88. The number of nitrogens with zero attached hydrogens (tertiary/aromatic N) is 2. The second-order valence-electron chi connectivity index (χ2n) is 4.20. The van der Waals surface area contributed by atoms with Gasteiger partial charge in [0.15, 0.2) is 0 Å². The van der Waals surface area contributed by atoms with E-state index in [1.54, 1.807) is 0 Å². The van der Waals surface area contributed by atoms with Gasteiger partial charge in [0.05, 0.1) is 5.69 Å². The summed E-state index contributed by atoms with van der Waals surface area (Å²) in [7, 11) is 0. The summed E-state index contributed by atoms with van der Waals surface area (Å²) in [5.74, 6) is 0. The van der Waals surface area contributed by atoms with Gasteiger partial charge >= 0.3 is 0 Å². The molecule has 2 heterocycles. The van der Waals surface area contributed by atoms with Crippen molar-refractivity contribution in [1.29, 1.82) is 0 Å². The van der Waals surface area contributed by atoms with Crippen molar-refractivity contribution >= 4 is 0 Å². The molecule has 1 fully saturated rings. The van der Waals surface area contributed by atoms with Gasteiger partial charge in [-0.1, -0.05) is 0 Å². The summed E-state index contributed by atoms with van der Waals surface area (Å²) in [6, 6.07) is 0.357. The van der Waals surface area contributed by atoms with Crippen molar-refractivity contribution in [3.63, 3.8) is 0 Å². The van der Waals surface area contributed by atoms with Gasteiger partial charge in [0, 0.05) is 31.4 Å². The largest absolute Gasteiger partial charge is 0.326 e. The van der Waals surface area contributed by atoms with Crippen LogP contribution in [0.5, 0.6) is 0 Å². The number of aromatic nitrogens is 2. The first-order valence-electron chi connectivity index (χ1n) is 5.15. The van der Waals surface area contributed by atoms with Crippen LogP contribution in [0.4, 0.5) is 0 Å². The van der Waals surface area contributed by atoms with Crippen molar-refractivity contribution in [2.24, 2.45) is 5.73 Å². The van der Waals surface area contributed by atoms with Crippen molar-refractivity contribution in [3.05, 3.63) is 17.0 Å². The summed E-state index contributed by atoms with van der Waals surface area (Å²) in [5.41, 5.74) is 9.47. The fourth-order valence-corrected chi connectivity index (χ4v) is 1.91. The van der Waals surface area contributed by atoms with Crippen molar-refractivity contribution in [3.8, 4) is 0 Å². The fraction of sp³-hybridized carbons (Fsp3) is 0.700. The molecule has 1 aliphatic heterocycles. The van der Waals surface area contributed by atoms with Crippen LogP contribution in [0.1, 0.15) is 23.4 Å². The van der Waals surface area contributed by atoms with E-state index < -0.39 is 0 Å². The molecule has 0 spiro atoms. The molecular weight excluding hydrogens is 176 g/mol. The molecule has 4 heteroatoms. The van der Waals surface area contributed by atoms with E-state index in [9.17, 15) is 0 Å². The Hall–Kier alpha value is -0.870. The third-order valence-electron chi connectivity index (χ3n) is 3.04. The van der Waals surface area contributed by atoms with Crippen molar-refractivity contribution < 1.29 is 0 Å². The maximum atomic E-state index is 5.85. The summed E-state index contributed by atoms with van der Waals surface area (Å²) in [6.45, 7) is 7.22. The van der Waals surface area contributed by atoms with E-state index in [2.05, 4.69) is 28.9 Å². The van der Waals surface area contributed by atoms with Crippen LogP contribution >= 0.6 is 0 Å². The highest BCUT2D eigenvalue weighted by Crippen LogP contribution is 2.14. The van der Waals surface area contributed by atoms with Crippen LogP contribution in [0.15, 0.2) is 0 Å². The second kappa shape index (κ2) is 3.71. The highest BCUT2D eigenvalue weighted by molar-refractivity contribution is 5.22. The van der Waals surface area contributed by atoms with Crippen LogP contribution in [0.2, 0.25) is 0 Å². The molecule has 0 radical (unpaired) electrons. The van der Waals surface area contributed by atoms with Crippen molar-refractivity contribution in [1.82, 2.24) is 15.1 Å². The minimum Gasteiger partial charge on any atom is -0.326 e. The van der Waals surface area contributed by atoms with E-state index in [1.165, 1.54) is 11.3 Å². The number of rotatable bonds is 2. The Bertz CT molecular complexity index is 318. The third kappa shape index (κ3) is 1.81. The lowest BCUT2D eigenvalue weighted by molar-refractivity contribution is 0.322. The van der Waals surface area contributed by atoms with Gasteiger partial charge in [0.1, 0.15) is 0 Å². The Morgan fingerprint density at radius 3 is 2.86 bits per heavy atom. The van der Waals surface area contributed by atoms with Gasteiger partial charge in [-0.05, 0) is 25.8 Å². The molecular formula is C10H18N4. The quantitative estimate of drug-likeness (QED) is 0.723. The lowest BCUT2D eigenvalue weighted by Gasteiger charge is -2.13. The van der Waals surface area contributed by atoms with Crippen LogP contribution < -0.4 is 5.73 Å². The topological polar surface area (TPSA) is 57.9 Å². The van der Waals surface area contributed by atoms with Crippen molar-refractivity contribution in [2.45, 2.75) is 32.9 Å². The summed E-state index contributed by atoms with van der Waals surface area (Å²) in [6.07, 6.45) is 1.11. The number of aromatic amines is 1. The average molecular weight is 194 g/mol. The van der Waals surface area contributed by atoms with Gasteiger partial charge in [-0.3, -0.25) is 10.00 Å². The lowest BCUT2D eigenvalue weighted by atomic mass is 10.2. The van der Waals surface area contributed by atoms with E-state index in [1.807, 2.05) is 0 Å². The summed E-state index contributed by atoms with van der Waals surface area (Å²) in [4.78, 5) is 2.37. The fourth-order valence-electron chi connectivity index (χ4n) is 1.91. The SMILES string of the molecule is Cc1[nH]nc(CN2CCC(N)C2)c1C. The Labute approximate surface area is 84.5 Å². The molecule has 1 aromatic rings. The lowest BCUT2D eigenvalue weighted by Crippen LogP contribution is -2.26. The number of aryl methyl sites for hydroxylation is 1. The van der Waals surface area contributed by atoms with E-state index >= 15 is 0 Å². The molecule has 0 aromatic carbocycles. The molecule has 0 bridgehead atoms. The molecule has 2 rings (SSSR count). The highest BCUT2D eigenvalue weighted by atomic mass is 15.2. The summed E-state index contributed by atoms with van der Waals surface area (Å²) >= 11 is 0. The molecule has 3 N–H and O–H groups in total. The van der Waals surface area contributed by atoms with Gasteiger partial charge in [-0.2, -0.15) is 5.10 Å². The molecule has 78 valence electrons. The number of hydrogen-bond acceptors (Lipinski definition) is 3. The van der Waals surface area contributed by atoms with Crippen LogP contribution in [-0.4, -0.2) is 34.2 Å². The third-order valence-corrected chi connectivity index (χ3v) is 3.04. The average Bonchev–Trinajstić information content (AvgIpc) is 2.67. The molecule has 0 amide bonds. The van der Waals surface area contributed by atoms with Gasteiger partial charge in [-0.25, -0.2) is 0 Å². The maximum absolute atomic E-state index is 5.85. The minimum atomic E-state index is 0.357. The molecule has 14 heavy (non-hydrogen) atoms. The highest BCUT2D eigenvalue weighted by Gasteiger charge is 2.20. The van der Waals surface area contributed by atoms with E-state index in [4.69, 9.17) is 5.73 Å². The predicted molar refractivity (Wildman–Crippen MR) is 55.9 cm³/mol. The van der Waals surface area contributed by atoms with E-state index in [-0.39, 0.29) is 0 Å². The Kier molecular flexibility index (Phi) is 2.56. The monoisotopic (exact) mass is 194 g/mol. The Morgan fingerprint density at radius 2 is 2.36 bits per heavy atom. The Balaban J connectivity index is 2.01. The maximum Gasteiger partial charge on any atom is 0.0794 e. The second-order valence-corrected chi connectivity index (χ2v) is 4.20. The number of nitrogens with two attached hydrogens (primary N) is 1. The first kappa shape index (κ1) is 9.68. The van der Waals surface area contributed by atoms with Crippen LogP contribution in [-0.2, 0) is 6.54 Å². The molecule has 1 saturated heterocycles. The van der Waals surface area contributed by atoms with Crippen LogP contribution in [0.25, 0.3) is 0 Å². The zero-order valence-corrected chi connectivity index (χ0v) is 8.88.